The first-order valence-electron chi connectivity index (χ1n) is 18.4. The molecule has 8 nitrogen and oxygen atoms in total. The van der Waals surface area contributed by atoms with Crippen molar-refractivity contribution in [3.8, 4) is 11.5 Å². The van der Waals surface area contributed by atoms with Crippen LogP contribution in [0.25, 0.3) is 0 Å². The fraction of sp³-hybridized carbons (Fsp3) is 0.488. The van der Waals surface area contributed by atoms with Gasteiger partial charge in [0, 0.05) is 11.6 Å². The van der Waals surface area contributed by atoms with Gasteiger partial charge in [0.15, 0.2) is 0 Å². The SMILES string of the molecule is CC(C)(C)Cc1cccc(CN=C/C(COc2cc3c(cc2Br)C(C)(C)CC32CC(C)(C)c3cc(Br)c(OCc4cn(C(C)(C)C)nn4)cc32)=N\N)c1. The molecule has 2 aliphatic rings. The zero-order chi connectivity index (χ0) is 38.6. The summed E-state index contributed by atoms with van der Waals surface area (Å²) in [6, 6.07) is 17.6. The molecule has 4 aromatic rings. The van der Waals surface area contributed by atoms with Gasteiger partial charge in [-0.25, -0.2) is 4.68 Å². The molecular formula is C43H54Br2N6O2. The second-order valence-corrected chi connectivity index (χ2v) is 20.1. The topological polar surface area (TPSA) is 99.9 Å². The highest BCUT2D eigenvalue weighted by molar-refractivity contribution is 9.11. The van der Waals surface area contributed by atoms with Gasteiger partial charge in [0.2, 0.25) is 0 Å². The van der Waals surface area contributed by atoms with E-state index < -0.39 is 0 Å². The van der Waals surface area contributed by atoms with Crippen molar-refractivity contribution in [1.82, 2.24) is 15.0 Å². The summed E-state index contributed by atoms with van der Waals surface area (Å²) in [5.74, 6) is 7.40. The van der Waals surface area contributed by atoms with E-state index in [2.05, 4.69) is 170 Å². The number of hydrogen-bond donors (Lipinski definition) is 1. The number of aliphatic imine (C=N–C) groups is 1. The third-order valence-corrected chi connectivity index (χ3v) is 11.7. The zero-order valence-corrected chi connectivity index (χ0v) is 36.1. The smallest absolute Gasteiger partial charge is 0.134 e. The minimum Gasteiger partial charge on any atom is -0.486 e. The molecule has 2 aliphatic carbocycles. The second kappa shape index (κ2) is 14.3. The number of halogens is 2. The number of benzene rings is 3. The van der Waals surface area contributed by atoms with Crippen LogP contribution in [0, 0.1) is 5.41 Å². The van der Waals surface area contributed by atoms with Gasteiger partial charge in [0.05, 0.1) is 27.2 Å². The first-order chi connectivity index (χ1) is 24.7. The second-order valence-electron chi connectivity index (χ2n) is 18.4. The molecule has 0 amide bonds. The molecule has 0 radical (unpaired) electrons. The molecule has 1 spiro atoms. The normalized spacial score (nSPS) is 19.2. The predicted octanol–water partition coefficient (Wildman–Crippen LogP) is 10.3. The van der Waals surface area contributed by atoms with Crippen LogP contribution in [-0.4, -0.2) is 33.5 Å². The first-order valence-corrected chi connectivity index (χ1v) is 20.0. The maximum absolute atomic E-state index is 6.46. The summed E-state index contributed by atoms with van der Waals surface area (Å²) in [5, 5.41) is 12.7. The molecule has 0 saturated heterocycles. The molecule has 2 N–H and O–H groups in total. The number of hydrogen-bond acceptors (Lipinski definition) is 7. The van der Waals surface area contributed by atoms with E-state index in [1.807, 2.05) is 10.9 Å². The molecule has 10 heteroatoms. The van der Waals surface area contributed by atoms with E-state index in [1.54, 1.807) is 6.21 Å². The minimum absolute atomic E-state index is 0.0559. The first kappa shape index (κ1) is 39.2. The number of ether oxygens (including phenoxy) is 2. The monoisotopic (exact) mass is 844 g/mol. The molecule has 3 aromatic carbocycles. The van der Waals surface area contributed by atoms with Gasteiger partial charge in [-0.05, 0) is 146 Å². The average molecular weight is 847 g/mol. The van der Waals surface area contributed by atoms with Crippen molar-refractivity contribution < 1.29 is 9.47 Å². The molecule has 1 atom stereocenters. The van der Waals surface area contributed by atoms with Crippen molar-refractivity contribution in [2.24, 2.45) is 21.4 Å². The zero-order valence-electron chi connectivity index (χ0n) is 32.9. The van der Waals surface area contributed by atoms with Crippen LogP contribution >= 0.6 is 31.9 Å². The lowest BCUT2D eigenvalue weighted by Crippen LogP contribution is -2.27. The molecule has 1 aromatic heterocycles. The van der Waals surface area contributed by atoms with Gasteiger partial charge in [0.25, 0.3) is 0 Å². The Morgan fingerprint density at radius 1 is 0.849 bits per heavy atom. The summed E-state index contributed by atoms with van der Waals surface area (Å²) in [4.78, 5) is 4.67. The Kier molecular flexibility index (Phi) is 10.6. The van der Waals surface area contributed by atoms with E-state index in [1.165, 1.54) is 27.8 Å². The summed E-state index contributed by atoms with van der Waals surface area (Å²) in [7, 11) is 0. The summed E-state index contributed by atoms with van der Waals surface area (Å²) >= 11 is 7.69. The summed E-state index contributed by atoms with van der Waals surface area (Å²) < 4.78 is 16.6. The third-order valence-electron chi connectivity index (χ3n) is 10.5. The number of aromatic nitrogens is 3. The largest absolute Gasteiger partial charge is 0.486 e. The van der Waals surface area contributed by atoms with Gasteiger partial charge in [-0.3, -0.25) is 4.99 Å². The van der Waals surface area contributed by atoms with Crippen LogP contribution in [0.2, 0.25) is 0 Å². The lowest BCUT2D eigenvalue weighted by atomic mass is 9.72. The molecule has 0 bridgehead atoms. The number of rotatable bonds is 10. The fourth-order valence-corrected chi connectivity index (χ4v) is 9.25. The molecule has 0 aliphatic heterocycles. The van der Waals surface area contributed by atoms with E-state index in [0.717, 1.165) is 51.0 Å². The maximum Gasteiger partial charge on any atom is 0.134 e. The van der Waals surface area contributed by atoms with E-state index >= 15 is 0 Å². The number of hydrazone groups is 1. The van der Waals surface area contributed by atoms with Crippen molar-refractivity contribution in [2.75, 3.05) is 6.61 Å². The fourth-order valence-electron chi connectivity index (χ4n) is 8.34. The van der Waals surface area contributed by atoms with Crippen LogP contribution in [0.15, 0.2) is 73.8 Å². The van der Waals surface area contributed by atoms with Crippen LogP contribution in [0.3, 0.4) is 0 Å². The molecule has 282 valence electrons. The quantitative estimate of drug-likeness (QED) is 0.0974. The van der Waals surface area contributed by atoms with Gasteiger partial charge in [-0.2, -0.15) is 5.10 Å². The molecular weight excluding hydrogens is 792 g/mol. The standard InChI is InChI=1S/C43H54Br2N6O2/c1-39(2,3)19-27-12-11-13-28(14-27)20-47-21-29(48-46)23-52-37-17-33-31(15-35(37)44)41(7,8)25-43(33)26-42(9,10)32-16-36(45)38(18-34(32)43)53-24-30-22-51(50-49-30)40(4,5)6/h11-18,21-22H,19-20,23-26,46H2,1-10H3/b47-21?,48-29+. The molecule has 6 rings (SSSR count). The van der Waals surface area contributed by atoms with Crippen molar-refractivity contribution >= 4 is 43.8 Å². The highest BCUT2D eigenvalue weighted by Crippen LogP contribution is 2.64. The predicted molar refractivity (Wildman–Crippen MR) is 223 cm³/mol. The van der Waals surface area contributed by atoms with Gasteiger partial charge < -0.3 is 15.3 Å². The maximum atomic E-state index is 6.46. The van der Waals surface area contributed by atoms with Crippen molar-refractivity contribution in [1.29, 1.82) is 0 Å². The molecule has 1 unspecified atom stereocenters. The van der Waals surface area contributed by atoms with E-state index in [4.69, 9.17) is 15.3 Å². The van der Waals surface area contributed by atoms with Crippen LogP contribution < -0.4 is 15.3 Å². The number of nitrogens with zero attached hydrogens (tertiary/aromatic N) is 5. The average Bonchev–Trinajstić information content (AvgIpc) is 3.68. The number of fused-ring (bicyclic) bond motifs is 4. The Morgan fingerprint density at radius 2 is 1.43 bits per heavy atom. The summed E-state index contributed by atoms with van der Waals surface area (Å²) in [6.45, 7) is 23.6. The minimum atomic E-state index is -0.224. The Balaban J connectivity index is 1.25. The van der Waals surface area contributed by atoms with Gasteiger partial charge in [0.1, 0.15) is 36.1 Å². The van der Waals surface area contributed by atoms with Crippen LogP contribution in [0.1, 0.15) is 121 Å². The van der Waals surface area contributed by atoms with E-state index in [0.29, 0.717) is 18.9 Å². The van der Waals surface area contributed by atoms with Crippen LogP contribution in [-0.2, 0) is 41.4 Å². The third kappa shape index (κ3) is 8.29. The van der Waals surface area contributed by atoms with Gasteiger partial charge in [-0.15, -0.1) is 5.10 Å². The molecule has 1 heterocycles. The highest BCUT2D eigenvalue weighted by Gasteiger charge is 2.56. The van der Waals surface area contributed by atoms with Crippen LogP contribution in [0.4, 0.5) is 0 Å². The Bertz CT molecular complexity index is 2060. The van der Waals surface area contributed by atoms with E-state index in [-0.39, 0.29) is 33.8 Å². The lowest BCUT2D eigenvalue weighted by molar-refractivity contribution is 0.297. The Morgan fingerprint density at radius 3 is 1.98 bits per heavy atom. The molecule has 53 heavy (non-hydrogen) atoms. The van der Waals surface area contributed by atoms with Crippen LogP contribution in [0.5, 0.6) is 11.5 Å². The highest BCUT2D eigenvalue weighted by atomic mass is 79.9. The molecule has 0 saturated carbocycles. The Hall–Kier alpha value is -3.50. The van der Waals surface area contributed by atoms with Crippen molar-refractivity contribution in [3.05, 3.63) is 103 Å². The number of nitrogens with two attached hydrogens (primary N) is 1. The van der Waals surface area contributed by atoms with E-state index in [9.17, 15) is 0 Å². The molecule has 0 fully saturated rings. The van der Waals surface area contributed by atoms with Crippen molar-refractivity contribution in [3.63, 3.8) is 0 Å². The Labute approximate surface area is 332 Å². The van der Waals surface area contributed by atoms with Gasteiger partial charge in [-0.1, -0.05) is 77.9 Å². The van der Waals surface area contributed by atoms with Gasteiger partial charge >= 0.3 is 0 Å². The summed E-state index contributed by atoms with van der Waals surface area (Å²) in [5.41, 5.74) is 8.83. The lowest BCUT2D eigenvalue weighted by Gasteiger charge is -2.31. The summed E-state index contributed by atoms with van der Waals surface area (Å²) in [6.07, 6.45) is 6.64. The van der Waals surface area contributed by atoms with Crippen molar-refractivity contribution in [2.45, 2.75) is 123 Å².